The van der Waals surface area contributed by atoms with E-state index in [1.165, 1.54) is 12.1 Å². The standard InChI is InChI=1S/C14H19FN2O/c1-5-17(8-9(2)3)14(18)11-6-12(15)10(4)13(16)7-11/h6-7H,2,5,8,16H2,1,3-4H3. The molecule has 0 atom stereocenters. The summed E-state index contributed by atoms with van der Waals surface area (Å²) in [4.78, 5) is 13.8. The number of benzene rings is 1. The van der Waals surface area contributed by atoms with E-state index in [1.54, 1.807) is 11.8 Å². The second-order valence-corrected chi connectivity index (χ2v) is 4.45. The molecule has 0 aromatic heterocycles. The van der Waals surface area contributed by atoms with Crippen LogP contribution in [0.4, 0.5) is 10.1 Å². The fraction of sp³-hybridized carbons (Fsp3) is 0.357. The zero-order valence-electron chi connectivity index (χ0n) is 11.1. The molecule has 0 aliphatic heterocycles. The molecule has 0 fully saturated rings. The van der Waals surface area contributed by atoms with Crippen LogP contribution in [0.2, 0.25) is 0 Å². The zero-order chi connectivity index (χ0) is 13.9. The molecular formula is C14H19FN2O. The van der Waals surface area contributed by atoms with Gasteiger partial charge < -0.3 is 10.6 Å². The third kappa shape index (κ3) is 3.09. The number of hydrogen-bond acceptors (Lipinski definition) is 2. The fourth-order valence-electron chi connectivity index (χ4n) is 1.66. The molecule has 3 nitrogen and oxygen atoms in total. The fourth-order valence-corrected chi connectivity index (χ4v) is 1.66. The first-order valence-electron chi connectivity index (χ1n) is 5.86. The maximum atomic E-state index is 13.6. The Morgan fingerprint density at radius 1 is 1.50 bits per heavy atom. The molecule has 18 heavy (non-hydrogen) atoms. The number of nitrogens with zero attached hydrogens (tertiary/aromatic N) is 1. The van der Waals surface area contributed by atoms with Gasteiger partial charge in [0, 0.05) is 29.9 Å². The van der Waals surface area contributed by atoms with Crippen LogP contribution in [-0.4, -0.2) is 23.9 Å². The molecule has 98 valence electrons. The summed E-state index contributed by atoms with van der Waals surface area (Å²) in [6, 6.07) is 2.75. The first-order chi connectivity index (χ1) is 8.36. The maximum absolute atomic E-state index is 13.6. The molecule has 1 amide bonds. The van der Waals surface area contributed by atoms with Crippen LogP contribution in [0.5, 0.6) is 0 Å². The number of anilines is 1. The second-order valence-electron chi connectivity index (χ2n) is 4.45. The normalized spacial score (nSPS) is 10.2. The lowest BCUT2D eigenvalue weighted by Crippen LogP contribution is -2.32. The van der Waals surface area contributed by atoms with E-state index in [0.29, 0.717) is 24.3 Å². The highest BCUT2D eigenvalue weighted by Gasteiger charge is 2.16. The van der Waals surface area contributed by atoms with Gasteiger partial charge in [0.05, 0.1) is 0 Å². The molecule has 0 saturated heterocycles. The Morgan fingerprint density at radius 2 is 2.11 bits per heavy atom. The van der Waals surface area contributed by atoms with E-state index in [2.05, 4.69) is 6.58 Å². The Kier molecular flexibility index (Phi) is 4.48. The molecular weight excluding hydrogens is 231 g/mol. The van der Waals surface area contributed by atoms with Crippen LogP contribution in [0.15, 0.2) is 24.3 Å². The highest BCUT2D eigenvalue weighted by molar-refractivity contribution is 5.95. The van der Waals surface area contributed by atoms with Crippen LogP contribution in [0.1, 0.15) is 29.8 Å². The van der Waals surface area contributed by atoms with Crippen LogP contribution in [0.3, 0.4) is 0 Å². The van der Waals surface area contributed by atoms with Gasteiger partial charge in [-0.15, -0.1) is 0 Å². The van der Waals surface area contributed by atoms with Crippen LogP contribution in [-0.2, 0) is 0 Å². The second kappa shape index (κ2) is 5.67. The first kappa shape index (κ1) is 14.2. The van der Waals surface area contributed by atoms with Gasteiger partial charge in [-0.05, 0) is 32.9 Å². The average molecular weight is 250 g/mol. The van der Waals surface area contributed by atoms with E-state index < -0.39 is 5.82 Å². The summed E-state index contributed by atoms with van der Waals surface area (Å²) in [7, 11) is 0. The lowest BCUT2D eigenvalue weighted by atomic mass is 10.1. The highest BCUT2D eigenvalue weighted by Crippen LogP contribution is 2.19. The quantitative estimate of drug-likeness (QED) is 0.659. The van der Waals surface area contributed by atoms with E-state index in [4.69, 9.17) is 5.73 Å². The lowest BCUT2D eigenvalue weighted by Gasteiger charge is -2.21. The number of rotatable bonds is 4. The highest BCUT2D eigenvalue weighted by atomic mass is 19.1. The summed E-state index contributed by atoms with van der Waals surface area (Å²) >= 11 is 0. The predicted octanol–water partition coefficient (Wildman–Crippen LogP) is 2.75. The van der Waals surface area contributed by atoms with Gasteiger partial charge in [-0.1, -0.05) is 12.2 Å². The molecule has 1 aromatic carbocycles. The van der Waals surface area contributed by atoms with Crippen molar-refractivity contribution in [2.75, 3.05) is 18.8 Å². The summed E-state index contributed by atoms with van der Waals surface area (Å²) in [6.07, 6.45) is 0. The third-order valence-electron chi connectivity index (χ3n) is 2.76. The van der Waals surface area contributed by atoms with E-state index in [0.717, 1.165) is 5.57 Å². The number of carbonyl (C=O) groups excluding carboxylic acids is 1. The smallest absolute Gasteiger partial charge is 0.254 e. The van der Waals surface area contributed by atoms with Gasteiger partial charge in [-0.3, -0.25) is 4.79 Å². The molecule has 0 aliphatic rings. The average Bonchev–Trinajstić information content (AvgIpc) is 2.31. The molecule has 0 radical (unpaired) electrons. The molecule has 1 rings (SSSR count). The van der Waals surface area contributed by atoms with E-state index in [-0.39, 0.29) is 11.5 Å². The summed E-state index contributed by atoms with van der Waals surface area (Å²) < 4.78 is 13.6. The SMILES string of the molecule is C=C(C)CN(CC)C(=O)c1cc(N)c(C)c(F)c1. The third-order valence-corrected chi connectivity index (χ3v) is 2.76. The Labute approximate surface area is 107 Å². The number of nitrogen functional groups attached to an aromatic ring is 1. The van der Waals surface area contributed by atoms with Gasteiger partial charge in [-0.25, -0.2) is 4.39 Å². The van der Waals surface area contributed by atoms with Crippen LogP contribution in [0.25, 0.3) is 0 Å². The molecule has 0 unspecified atom stereocenters. The molecule has 2 N–H and O–H groups in total. The molecule has 1 aromatic rings. The summed E-state index contributed by atoms with van der Waals surface area (Å²) in [6.45, 7) is 10.1. The minimum atomic E-state index is -0.454. The molecule has 0 aliphatic carbocycles. The Balaban J connectivity index is 3.06. The maximum Gasteiger partial charge on any atom is 0.254 e. The Hall–Kier alpha value is -1.84. The van der Waals surface area contributed by atoms with Crippen molar-refractivity contribution in [2.45, 2.75) is 20.8 Å². The van der Waals surface area contributed by atoms with Gasteiger partial charge in [0.15, 0.2) is 0 Å². The number of halogens is 1. The van der Waals surface area contributed by atoms with Crippen molar-refractivity contribution in [3.63, 3.8) is 0 Å². The van der Waals surface area contributed by atoms with E-state index >= 15 is 0 Å². The van der Waals surface area contributed by atoms with Crippen LogP contribution in [0, 0.1) is 12.7 Å². The molecule has 0 bridgehead atoms. The number of carbonyl (C=O) groups is 1. The minimum absolute atomic E-state index is 0.230. The van der Waals surface area contributed by atoms with Crippen molar-refractivity contribution in [1.82, 2.24) is 4.90 Å². The first-order valence-corrected chi connectivity index (χ1v) is 5.86. The molecule has 0 heterocycles. The van der Waals surface area contributed by atoms with Crippen molar-refractivity contribution >= 4 is 11.6 Å². The Morgan fingerprint density at radius 3 is 2.56 bits per heavy atom. The largest absolute Gasteiger partial charge is 0.398 e. The van der Waals surface area contributed by atoms with Crippen molar-refractivity contribution in [1.29, 1.82) is 0 Å². The Bertz CT molecular complexity index is 460. The zero-order valence-corrected chi connectivity index (χ0v) is 11.1. The summed E-state index contributed by atoms with van der Waals surface area (Å²) in [5.74, 6) is -0.684. The number of amides is 1. The van der Waals surface area contributed by atoms with Gasteiger partial charge in [-0.2, -0.15) is 0 Å². The predicted molar refractivity (Wildman–Crippen MR) is 71.9 cm³/mol. The van der Waals surface area contributed by atoms with Gasteiger partial charge in [0.2, 0.25) is 0 Å². The topological polar surface area (TPSA) is 46.3 Å². The lowest BCUT2D eigenvalue weighted by molar-refractivity contribution is 0.0778. The number of nitrogens with two attached hydrogens (primary N) is 1. The van der Waals surface area contributed by atoms with Crippen molar-refractivity contribution in [3.05, 3.63) is 41.2 Å². The van der Waals surface area contributed by atoms with Crippen molar-refractivity contribution in [2.24, 2.45) is 0 Å². The summed E-state index contributed by atoms with van der Waals surface area (Å²) in [5, 5.41) is 0. The van der Waals surface area contributed by atoms with Gasteiger partial charge in [0.25, 0.3) is 5.91 Å². The minimum Gasteiger partial charge on any atom is -0.398 e. The summed E-state index contributed by atoms with van der Waals surface area (Å²) in [5.41, 5.74) is 7.50. The van der Waals surface area contributed by atoms with Crippen LogP contribution >= 0.6 is 0 Å². The molecule has 4 heteroatoms. The van der Waals surface area contributed by atoms with E-state index in [1.807, 2.05) is 13.8 Å². The number of hydrogen-bond donors (Lipinski definition) is 1. The van der Waals surface area contributed by atoms with Gasteiger partial charge in [0.1, 0.15) is 5.82 Å². The van der Waals surface area contributed by atoms with Gasteiger partial charge >= 0.3 is 0 Å². The number of likely N-dealkylation sites (N-methyl/N-ethyl adjacent to an activating group) is 1. The van der Waals surface area contributed by atoms with Crippen molar-refractivity contribution < 1.29 is 9.18 Å². The van der Waals surface area contributed by atoms with Crippen LogP contribution < -0.4 is 5.73 Å². The molecule has 0 spiro atoms. The molecule has 0 saturated carbocycles. The van der Waals surface area contributed by atoms with E-state index in [9.17, 15) is 9.18 Å². The monoisotopic (exact) mass is 250 g/mol. The van der Waals surface area contributed by atoms with Crippen molar-refractivity contribution in [3.8, 4) is 0 Å².